The molecule has 0 aliphatic heterocycles. The maximum absolute atomic E-state index is 11.1. The van der Waals surface area contributed by atoms with Crippen LogP contribution in [0.15, 0.2) is 48.5 Å². The Balaban J connectivity index is 2.57. The monoisotopic (exact) mass is 318 g/mol. The second-order valence-corrected chi connectivity index (χ2v) is 5.50. The van der Waals surface area contributed by atoms with Crippen molar-refractivity contribution in [3.8, 4) is 0 Å². The summed E-state index contributed by atoms with van der Waals surface area (Å²) in [7, 11) is 0. The zero-order valence-corrected chi connectivity index (χ0v) is 12.7. The van der Waals surface area contributed by atoms with E-state index in [0.717, 1.165) is 11.1 Å². The topological polar surface area (TPSA) is 74.6 Å². The van der Waals surface area contributed by atoms with E-state index in [9.17, 15) is 9.59 Å². The minimum atomic E-state index is -1.02. The van der Waals surface area contributed by atoms with Gasteiger partial charge in [0.2, 0.25) is 0 Å². The van der Waals surface area contributed by atoms with Gasteiger partial charge < -0.3 is 10.2 Å². The Hall–Kier alpha value is -2.33. The molecule has 5 heteroatoms. The van der Waals surface area contributed by atoms with E-state index in [4.69, 9.17) is 21.8 Å². The quantitative estimate of drug-likeness (QED) is 0.826. The highest BCUT2D eigenvalue weighted by Crippen LogP contribution is 2.34. The highest BCUT2D eigenvalue weighted by atomic mass is 35.5. The maximum Gasteiger partial charge on any atom is 0.335 e. The molecule has 2 rings (SSSR count). The van der Waals surface area contributed by atoms with E-state index in [1.54, 1.807) is 36.4 Å². The molecule has 4 nitrogen and oxygen atoms in total. The molecule has 0 aliphatic rings. The molecule has 2 aromatic carbocycles. The number of alkyl halides is 1. The third-order valence-corrected chi connectivity index (χ3v) is 4.30. The van der Waals surface area contributed by atoms with Crippen molar-refractivity contribution in [2.24, 2.45) is 0 Å². The lowest BCUT2D eigenvalue weighted by molar-refractivity contribution is 0.0686. The lowest BCUT2D eigenvalue weighted by Gasteiger charge is -2.29. The summed E-state index contributed by atoms with van der Waals surface area (Å²) >= 11 is 6.15. The van der Waals surface area contributed by atoms with Crippen LogP contribution in [0.5, 0.6) is 0 Å². The van der Waals surface area contributed by atoms with E-state index in [2.05, 4.69) is 0 Å². The van der Waals surface area contributed by atoms with Gasteiger partial charge in [0.15, 0.2) is 0 Å². The van der Waals surface area contributed by atoms with Crippen LogP contribution in [0.2, 0.25) is 0 Å². The van der Waals surface area contributed by atoms with Crippen molar-refractivity contribution in [2.75, 3.05) is 5.88 Å². The number of hydrogen-bond donors (Lipinski definition) is 2. The van der Waals surface area contributed by atoms with Crippen molar-refractivity contribution < 1.29 is 19.8 Å². The van der Waals surface area contributed by atoms with Crippen LogP contribution >= 0.6 is 11.6 Å². The zero-order valence-electron chi connectivity index (χ0n) is 11.9. The fourth-order valence-electron chi connectivity index (χ4n) is 2.31. The van der Waals surface area contributed by atoms with E-state index in [1.165, 1.54) is 12.1 Å². The molecule has 0 saturated carbocycles. The first-order valence-corrected chi connectivity index (χ1v) is 7.15. The summed E-state index contributed by atoms with van der Waals surface area (Å²) in [6, 6.07) is 13.1. The molecular weight excluding hydrogens is 304 g/mol. The summed E-state index contributed by atoms with van der Waals surface area (Å²) in [6.07, 6.45) is 0. The summed E-state index contributed by atoms with van der Waals surface area (Å²) in [6.45, 7) is 1.86. The minimum Gasteiger partial charge on any atom is -0.478 e. The van der Waals surface area contributed by atoms with Crippen molar-refractivity contribution in [3.63, 3.8) is 0 Å². The molecule has 0 bridgehead atoms. The second kappa shape index (κ2) is 6.20. The Bertz CT molecular complexity index is 667. The number of aromatic carboxylic acids is 2. The molecule has 2 aromatic rings. The number of hydrogen-bond acceptors (Lipinski definition) is 2. The van der Waals surface area contributed by atoms with Gasteiger partial charge in [0, 0.05) is 11.3 Å². The minimum absolute atomic E-state index is 0.170. The van der Waals surface area contributed by atoms with Crippen LogP contribution in [0, 0.1) is 0 Å². The van der Waals surface area contributed by atoms with Crippen LogP contribution in [0.1, 0.15) is 38.8 Å². The Morgan fingerprint density at radius 1 is 0.955 bits per heavy atom. The van der Waals surface area contributed by atoms with E-state index < -0.39 is 17.4 Å². The molecule has 0 aliphatic carbocycles. The molecule has 2 N–H and O–H groups in total. The normalized spacial score (nSPS) is 11.2. The molecule has 114 valence electrons. The van der Waals surface area contributed by atoms with Gasteiger partial charge in [-0.15, -0.1) is 11.6 Å². The lowest BCUT2D eigenvalue weighted by Crippen LogP contribution is -2.26. The molecule has 0 saturated heterocycles. The number of benzene rings is 2. The van der Waals surface area contributed by atoms with Crippen LogP contribution in [0.25, 0.3) is 0 Å². The highest BCUT2D eigenvalue weighted by molar-refractivity contribution is 6.19. The van der Waals surface area contributed by atoms with E-state index in [0.29, 0.717) is 0 Å². The number of carboxylic acids is 2. The van der Waals surface area contributed by atoms with E-state index in [-0.39, 0.29) is 17.0 Å². The smallest absolute Gasteiger partial charge is 0.335 e. The fourth-order valence-corrected chi connectivity index (χ4v) is 2.62. The molecule has 22 heavy (non-hydrogen) atoms. The van der Waals surface area contributed by atoms with Crippen molar-refractivity contribution >= 4 is 23.5 Å². The number of rotatable bonds is 5. The standard InChI is InChI=1S/C17H15ClO4/c1-17(10-18,13-6-2-4-11(8-13)15(19)20)14-7-3-5-12(9-14)16(21)22/h2-9H,10H2,1H3,(H,19,20)(H,21,22). The molecule has 0 spiro atoms. The number of carboxylic acid groups (broad SMARTS) is 2. The van der Waals surface area contributed by atoms with E-state index in [1.807, 2.05) is 6.92 Å². The zero-order chi connectivity index (χ0) is 16.3. The lowest BCUT2D eigenvalue weighted by atomic mass is 9.77. The Morgan fingerprint density at radius 3 is 1.68 bits per heavy atom. The van der Waals surface area contributed by atoms with Crippen LogP contribution < -0.4 is 0 Å². The van der Waals surface area contributed by atoms with Gasteiger partial charge in [0.05, 0.1) is 11.1 Å². The van der Waals surface area contributed by atoms with Crippen LogP contribution in [0.4, 0.5) is 0 Å². The Kier molecular flexibility index (Phi) is 4.52. The number of carbonyl (C=O) groups is 2. The van der Waals surface area contributed by atoms with E-state index >= 15 is 0 Å². The van der Waals surface area contributed by atoms with Crippen LogP contribution in [-0.4, -0.2) is 28.0 Å². The first-order chi connectivity index (χ1) is 10.4. The second-order valence-electron chi connectivity index (χ2n) is 5.24. The molecule has 0 radical (unpaired) electrons. The third-order valence-electron chi connectivity index (χ3n) is 3.76. The average Bonchev–Trinajstić information content (AvgIpc) is 2.54. The summed E-state index contributed by atoms with van der Waals surface area (Å²) in [4.78, 5) is 22.3. The Labute approximate surface area is 133 Å². The Morgan fingerprint density at radius 2 is 1.36 bits per heavy atom. The molecule has 0 fully saturated rings. The van der Waals surface area contributed by atoms with Gasteiger partial charge in [-0.05, 0) is 35.4 Å². The first-order valence-electron chi connectivity index (χ1n) is 6.62. The van der Waals surface area contributed by atoms with Crippen LogP contribution in [-0.2, 0) is 5.41 Å². The van der Waals surface area contributed by atoms with Gasteiger partial charge in [-0.2, -0.15) is 0 Å². The molecule has 0 heterocycles. The molecular formula is C17H15ClO4. The predicted octanol–water partition coefficient (Wildman–Crippen LogP) is 3.63. The van der Waals surface area contributed by atoms with Gasteiger partial charge >= 0.3 is 11.9 Å². The largest absolute Gasteiger partial charge is 0.478 e. The fraction of sp³-hybridized carbons (Fsp3) is 0.176. The van der Waals surface area contributed by atoms with Crippen molar-refractivity contribution in [3.05, 3.63) is 70.8 Å². The molecule has 0 aromatic heterocycles. The van der Waals surface area contributed by atoms with Gasteiger partial charge in [-0.25, -0.2) is 9.59 Å². The molecule has 0 atom stereocenters. The highest BCUT2D eigenvalue weighted by Gasteiger charge is 2.29. The average molecular weight is 319 g/mol. The van der Waals surface area contributed by atoms with Crippen molar-refractivity contribution in [1.29, 1.82) is 0 Å². The summed E-state index contributed by atoms with van der Waals surface area (Å²) in [5.74, 6) is -1.84. The maximum atomic E-state index is 11.1. The van der Waals surface area contributed by atoms with Crippen molar-refractivity contribution in [2.45, 2.75) is 12.3 Å². The van der Waals surface area contributed by atoms with Gasteiger partial charge in [-0.3, -0.25) is 0 Å². The van der Waals surface area contributed by atoms with Gasteiger partial charge in [0.25, 0.3) is 0 Å². The number of halogens is 1. The van der Waals surface area contributed by atoms with Gasteiger partial charge in [0.1, 0.15) is 0 Å². The molecule has 0 amide bonds. The SMILES string of the molecule is CC(CCl)(c1cccc(C(=O)O)c1)c1cccc(C(=O)O)c1. The summed E-state index contributed by atoms with van der Waals surface area (Å²) < 4.78 is 0. The van der Waals surface area contributed by atoms with Crippen LogP contribution in [0.3, 0.4) is 0 Å². The predicted molar refractivity (Wildman–Crippen MR) is 84.0 cm³/mol. The molecule has 0 unspecified atom stereocenters. The third kappa shape index (κ3) is 2.97. The summed E-state index contributed by atoms with van der Waals surface area (Å²) in [5, 5.41) is 18.2. The summed E-state index contributed by atoms with van der Waals surface area (Å²) in [5.41, 5.74) is 1.11. The first kappa shape index (κ1) is 16.0. The van der Waals surface area contributed by atoms with Gasteiger partial charge in [-0.1, -0.05) is 31.2 Å². The van der Waals surface area contributed by atoms with Crippen molar-refractivity contribution in [1.82, 2.24) is 0 Å².